The number of ketones is 1. The van der Waals surface area contributed by atoms with Crippen molar-refractivity contribution in [3.63, 3.8) is 0 Å². The SMILES string of the molecule is CC(C)CCOc1cccc(C2C(=C(O)c3ccc4c(c3)CC(C)O4)C(=O)C(=O)N2CCCn2ccnc2)c1. The van der Waals surface area contributed by atoms with Crippen LogP contribution in [0.1, 0.15) is 56.3 Å². The van der Waals surface area contributed by atoms with Gasteiger partial charge in [0, 0.05) is 37.5 Å². The first-order valence-electron chi connectivity index (χ1n) is 13.6. The third kappa shape index (κ3) is 5.70. The van der Waals surface area contributed by atoms with Crippen molar-refractivity contribution in [2.45, 2.75) is 58.7 Å². The minimum Gasteiger partial charge on any atom is -0.507 e. The number of aliphatic hydroxyl groups is 1. The molecule has 3 aromatic rings. The van der Waals surface area contributed by atoms with Gasteiger partial charge in [-0.2, -0.15) is 0 Å². The number of carbonyl (C=O) groups excluding carboxylic acids is 2. The monoisotopic (exact) mass is 529 g/mol. The smallest absolute Gasteiger partial charge is 0.295 e. The van der Waals surface area contributed by atoms with E-state index in [1.54, 1.807) is 23.5 Å². The molecular weight excluding hydrogens is 494 g/mol. The maximum Gasteiger partial charge on any atom is 0.295 e. The van der Waals surface area contributed by atoms with Crippen molar-refractivity contribution in [3.05, 3.63) is 83.4 Å². The molecule has 2 aromatic carbocycles. The lowest BCUT2D eigenvalue weighted by Gasteiger charge is -2.26. The van der Waals surface area contributed by atoms with Crippen LogP contribution in [0.25, 0.3) is 5.76 Å². The quantitative estimate of drug-likeness (QED) is 0.222. The van der Waals surface area contributed by atoms with Gasteiger partial charge in [0.25, 0.3) is 11.7 Å². The number of carbonyl (C=O) groups is 2. The number of aromatic nitrogens is 2. The molecule has 8 nitrogen and oxygen atoms in total. The molecule has 39 heavy (non-hydrogen) atoms. The van der Waals surface area contributed by atoms with Gasteiger partial charge in [-0.1, -0.05) is 26.0 Å². The summed E-state index contributed by atoms with van der Waals surface area (Å²) in [6.45, 7) is 7.84. The molecule has 0 aliphatic carbocycles. The highest BCUT2D eigenvalue weighted by atomic mass is 16.5. The van der Waals surface area contributed by atoms with Crippen LogP contribution in [-0.2, 0) is 22.6 Å². The van der Waals surface area contributed by atoms with Gasteiger partial charge in [0.15, 0.2) is 0 Å². The van der Waals surface area contributed by atoms with Crippen molar-refractivity contribution >= 4 is 17.4 Å². The molecule has 1 amide bonds. The van der Waals surface area contributed by atoms with E-state index in [9.17, 15) is 14.7 Å². The molecule has 0 spiro atoms. The van der Waals surface area contributed by atoms with Crippen LogP contribution in [0.5, 0.6) is 11.5 Å². The molecule has 2 unspecified atom stereocenters. The summed E-state index contributed by atoms with van der Waals surface area (Å²) < 4.78 is 13.7. The fourth-order valence-electron chi connectivity index (χ4n) is 5.21. The van der Waals surface area contributed by atoms with Crippen LogP contribution in [0.15, 0.2) is 66.8 Å². The lowest BCUT2D eigenvalue weighted by atomic mass is 9.94. The Labute approximate surface area is 228 Å². The molecule has 5 rings (SSSR count). The van der Waals surface area contributed by atoms with E-state index in [4.69, 9.17) is 9.47 Å². The van der Waals surface area contributed by atoms with Crippen molar-refractivity contribution < 1.29 is 24.2 Å². The Bertz CT molecular complexity index is 1380. The Kier molecular flexibility index (Phi) is 7.72. The van der Waals surface area contributed by atoms with Crippen LogP contribution in [0.2, 0.25) is 0 Å². The Morgan fingerprint density at radius 1 is 1.18 bits per heavy atom. The van der Waals surface area contributed by atoms with Crippen molar-refractivity contribution in [2.75, 3.05) is 13.2 Å². The topological polar surface area (TPSA) is 93.9 Å². The van der Waals surface area contributed by atoms with Gasteiger partial charge in [0.1, 0.15) is 23.4 Å². The summed E-state index contributed by atoms with van der Waals surface area (Å²) in [5.74, 6) is 0.482. The highest BCUT2D eigenvalue weighted by Gasteiger charge is 2.46. The Hall–Kier alpha value is -4.07. The zero-order chi connectivity index (χ0) is 27.5. The summed E-state index contributed by atoms with van der Waals surface area (Å²) in [6, 6.07) is 12.1. The van der Waals surface area contributed by atoms with Crippen LogP contribution < -0.4 is 9.47 Å². The molecule has 0 bridgehead atoms. The van der Waals surface area contributed by atoms with Gasteiger partial charge in [-0.15, -0.1) is 0 Å². The second-order valence-corrected chi connectivity index (χ2v) is 10.7. The highest BCUT2D eigenvalue weighted by Crippen LogP contribution is 2.41. The number of imidazole rings is 1. The van der Waals surface area contributed by atoms with Gasteiger partial charge in [-0.3, -0.25) is 9.59 Å². The maximum atomic E-state index is 13.4. The Morgan fingerprint density at radius 3 is 2.79 bits per heavy atom. The number of fused-ring (bicyclic) bond motifs is 1. The normalized spacial score (nSPS) is 19.9. The van der Waals surface area contributed by atoms with Crippen molar-refractivity contribution in [2.24, 2.45) is 5.92 Å². The lowest BCUT2D eigenvalue weighted by molar-refractivity contribution is -0.139. The van der Waals surface area contributed by atoms with E-state index < -0.39 is 17.7 Å². The van der Waals surface area contributed by atoms with Crippen LogP contribution in [-0.4, -0.2) is 50.5 Å². The number of hydrogen-bond acceptors (Lipinski definition) is 6. The average molecular weight is 530 g/mol. The summed E-state index contributed by atoms with van der Waals surface area (Å²) in [7, 11) is 0. The van der Waals surface area contributed by atoms with Gasteiger partial charge < -0.3 is 24.0 Å². The second kappa shape index (κ2) is 11.4. The molecule has 8 heteroatoms. The van der Waals surface area contributed by atoms with E-state index in [-0.39, 0.29) is 17.4 Å². The summed E-state index contributed by atoms with van der Waals surface area (Å²) in [4.78, 5) is 32.4. The van der Waals surface area contributed by atoms with E-state index in [0.29, 0.717) is 43.3 Å². The number of nitrogens with zero attached hydrogens (tertiary/aromatic N) is 3. The molecular formula is C31H35N3O5. The van der Waals surface area contributed by atoms with Crippen LogP contribution in [0, 0.1) is 5.92 Å². The first-order chi connectivity index (χ1) is 18.8. The van der Waals surface area contributed by atoms with Crippen LogP contribution in [0.4, 0.5) is 0 Å². The summed E-state index contributed by atoms with van der Waals surface area (Å²) in [6.07, 6.45) is 7.61. The fourth-order valence-corrected chi connectivity index (χ4v) is 5.21. The predicted octanol–water partition coefficient (Wildman–Crippen LogP) is 5.14. The number of Topliss-reactive ketones (excluding diaryl/α,β-unsaturated/α-hetero) is 1. The third-order valence-electron chi connectivity index (χ3n) is 7.22. The minimum atomic E-state index is -0.732. The number of rotatable bonds is 10. The van der Waals surface area contributed by atoms with E-state index in [0.717, 1.165) is 29.7 Å². The summed E-state index contributed by atoms with van der Waals surface area (Å²) in [5, 5.41) is 11.5. The molecule has 0 saturated carbocycles. The van der Waals surface area contributed by atoms with Crippen LogP contribution in [0.3, 0.4) is 0 Å². The van der Waals surface area contributed by atoms with E-state index in [1.807, 2.05) is 54.1 Å². The molecule has 1 saturated heterocycles. The van der Waals surface area contributed by atoms with E-state index in [2.05, 4.69) is 18.8 Å². The van der Waals surface area contributed by atoms with Crippen LogP contribution >= 0.6 is 0 Å². The Morgan fingerprint density at radius 2 is 2.03 bits per heavy atom. The number of amides is 1. The second-order valence-electron chi connectivity index (χ2n) is 10.7. The zero-order valence-electron chi connectivity index (χ0n) is 22.7. The molecule has 3 heterocycles. The van der Waals surface area contributed by atoms with Crippen molar-refractivity contribution in [1.82, 2.24) is 14.5 Å². The molecule has 1 aromatic heterocycles. The molecule has 204 valence electrons. The molecule has 1 N–H and O–H groups in total. The van der Waals surface area contributed by atoms with Gasteiger partial charge in [-0.05, 0) is 67.1 Å². The molecule has 0 radical (unpaired) electrons. The first kappa shape index (κ1) is 26.5. The molecule has 1 fully saturated rings. The number of aryl methyl sites for hydroxylation is 1. The maximum absolute atomic E-state index is 13.4. The standard InChI is InChI=1S/C31H35N3O5/c1-20(2)10-15-38-25-7-4-6-22(18-25)28-27(29(35)23-8-9-26-24(17-23)16-21(3)39-26)30(36)31(37)34(28)13-5-12-33-14-11-32-19-33/h4,6-9,11,14,17-21,28,35H,5,10,12-13,15-16H2,1-3H3. The highest BCUT2D eigenvalue weighted by molar-refractivity contribution is 6.46. The lowest BCUT2D eigenvalue weighted by Crippen LogP contribution is -2.31. The first-order valence-corrected chi connectivity index (χ1v) is 13.6. The molecule has 2 atom stereocenters. The van der Waals surface area contributed by atoms with E-state index in [1.165, 1.54) is 0 Å². The predicted molar refractivity (Wildman–Crippen MR) is 147 cm³/mol. The van der Waals surface area contributed by atoms with Gasteiger partial charge >= 0.3 is 0 Å². The zero-order valence-corrected chi connectivity index (χ0v) is 22.7. The van der Waals surface area contributed by atoms with Gasteiger partial charge in [-0.25, -0.2) is 4.98 Å². The number of likely N-dealkylation sites (tertiary alicyclic amines) is 1. The van der Waals surface area contributed by atoms with Crippen molar-refractivity contribution in [1.29, 1.82) is 0 Å². The summed E-state index contributed by atoms with van der Waals surface area (Å²) >= 11 is 0. The number of aliphatic hydroxyl groups excluding tert-OH is 1. The largest absolute Gasteiger partial charge is 0.507 e. The number of ether oxygens (including phenoxy) is 2. The van der Waals surface area contributed by atoms with E-state index >= 15 is 0 Å². The van der Waals surface area contributed by atoms with Gasteiger partial charge in [0.2, 0.25) is 0 Å². The number of benzene rings is 2. The van der Waals surface area contributed by atoms with Crippen molar-refractivity contribution in [3.8, 4) is 11.5 Å². The molecule has 2 aliphatic rings. The molecule has 2 aliphatic heterocycles. The fraction of sp³-hybridized carbons (Fsp3) is 0.387. The Balaban J connectivity index is 1.50. The summed E-state index contributed by atoms with van der Waals surface area (Å²) in [5.41, 5.74) is 2.28. The average Bonchev–Trinajstić information content (AvgIpc) is 3.62. The number of hydrogen-bond donors (Lipinski definition) is 1. The third-order valence-corrected chi connectivity index (χ3v) is 7.22. The minimum absolute atomic E-state index is 0.0527. The van der Waals surface area contributed by atoms with Gasteiger partial charge in [0.05, 0.1) is 24.5 Å².